The normalized spacial score (nSPS) is 22.4. The molecule has 0 spiro atoms. The highest BCUT2D eigenvalue weighted by Crippen LogP contribution is 2.41. The molecule has 1 aliphatic rings. The van der Waals surface area contributed by atoms with Crippen LogP contribution >= 0.6 is 0 Å². The largest absolute Gasteiger partial charge is 0.487 e. The Balaban J connectivity index is 2.57. The van der Waals surface area contributed by atoms with Crippen molar-refractivity contribution in [3.63, 3.8) is 0 Å². The smallest absolute Gasteiger partial charge is 0.126 e. The van der Waals surface area contributed by atoms with E-state index in [9.17, 15) is 0 Å². The number of hydrogen-bond acceptors (Lipinski definition) is 2. The Morgan fingerprint density at radius 3 is 2.56 bits per heavy atom. The molecule has 2 rings (SSSR count). The summed E-state index contributed by atoms with van der Waals surface area (Å²) < 4.78 is 6.14. The van der Waals surface area contributed by atoms with E-state index in [4.69, 9.17) is 10.5 Å². The molecule has 1 atom stereocenters. The van der Waals surface area contributed by atoms with Gasteiger partial charge in [-0.05, 0) is 62.8 Å². The maximum atomic E-state index is 6.14. The second kappa shape index (κ2) is 3.41. The summed E-state index contributed by atoms with van der Waals surface area (Å²) in [4.78, 5) is 0. The zero-order chi connectivity index (χ0) is 12.1. The lowest BCUT2D eigenvalue weighted by Gasteiger charge is -2.39. The van der Waals surface area contributed by atoms with Gasteiger partial charge < -0.3 is 10.5 Å². The average Bonchev–Trinajstić information content (AvgIpc) is 2.19. The molecule has 1 heterocycles. The molecule has 0 radical (unpaired) electrons. The standard InChI is InChI=1S/C14H21NO/c1-8-6-11-7-12(15)9(2)10(3)13(11)16-14(8,4)5/h7-8H,6,15H2,1-5H3. The van der Waals surface area contributed by atoms with Gasteiger partial charge in [0.15, 0.2) is 0 Å². The van der Waals surface area contributed by atoms with E-state index in [0.717, 1.165) is 23.4 Å². The number of fused-ring (bicyclic) bond motifs is 1. The molecule has 2 nitrogen and oxygen atoms in total. The van der Waals surface area contributed by atoms with Crippen LogP contribution in [0.15, 0.2) is 6.07 Å². The Bertz CT molecular complexity index is 435. The van der Waals surface area contributed by atoms with Crippen LogP contribution in [-0.4, -0.2) is 5.60 Å². The zero-order valence-electron chi connectivity index (χ0n) is 10.8. The fourth-order valence-electron chi connectivity index (χ4n) is 2.22. The summed E-state index contributed by atoms with van der Waals surface area (Å²) in [6.07, 6.45) is 1.05. The van der Waals surface area contributed by atoms with Gasteiger partial charge in [0.05, 0.1) is 0 Å². The molecular formula is C14H21NO. The first-order valence-electron chi connectivity index (χ1n) is 5.90. The Labute approximate surface area is 97.8 Å². The summed E-state index contributed by atoms with van der Waals surface area (Å²) in [7, 11) is 0. The van der Waals surface area contributed by atoms with Crippen molar-refractivity contribution in [3.05, 3.63) is 22.8 Å². The van der Waals surface area contributed by atoms with Crippen molar-refractivity contribution in [2.24, 2.45) is 5.92 Å². The Morgan fingerprint density at radius 2 is 1.94 bits per heavy atom. The molecule has 0 amide bonds. The lowest BCUT2D eigenvalue weighted by atomic mass is 9.82. The van der Waals surface area contributed by atoms with Crippen molar-refractivity contribution < 1.29 is 4.74 Å². The van der Waals surface area contributed by atoms with Crippen LogP contribution in [-0.2, 0) is 6.42 Å². The van der Waals surface area contributed by atoms with Gasteiger partial charge in [-0.25, -0.2) is 0 Å². The van der Waals surface area contributed by atoms with Gasteiger partial charge in [-0.2, -0.15) is 0 Å². The van der Waals surface area contributed by atoms with E-state index in [1.54, 1.807) is 0 Å². The fourth-order valence-corrected chi connectivity index (χ4v) is 2.22. The molecule has 2 heteroatoms. The van der Waals surface area contributed by atoms with Crippen molar-refractivity contribution in [2.45, 2.75) is 46.6 Å². The molecule has 2 N–H and O–H groups in total. The zero-order valence-corrected chi connectivity index (χ0v) is 10.8. The molecular weight excluding hydrogens is 198 g/mol. The van der Waals surface area contributed by atoms with E-state index in [1.165, 1.54) is 11.1 Å². The highest BCUT2D eigenvalue weighted by molar-refractivity contribution is 5.60. The van der Waals surface area contributed by atoms with Crippen molar-refractivity contribution in [3.8, 4) is 5.75 Å². The molecule has 1 aliphatic heterocycles. The fraction of sp³-hybridized carbons (Fsp3) is 0.571. The Hall–Kier alpha value is -1.18. The summed E-state index contributed by atoms with van der Waals surface area (Å²) in [5, 5.41) is 0. The number of benzene rings is 1. The van der Waals surface area contributed by atoms with E-state index in [0.29, 0.717) is 5.92 Å². The van der Waals surface area contributed by atoms with E-state index >= 15 is 0 Å². The molecule has 0 bridgehead atoms. The minimum atomic E-state index is -0.0830. The highest BCUT2D eigenvalue weighted by atomic mass is 16.5. The molecule has 0 saturated carbocycles. The first-order chi connectivity index (χ1) is 7.33. The van der Waals surface area contributed by atoms with Gasteiger partial charge in [0.2, 0.25) is 0 Å². The van der Waals surface area contributed by atoms with E-state index in [-0.39, 0.29) is 5.60 Å². The third kappa shape index (κ3) is 1.57. The van der Waals surface area contributed by atoms with Gasteiger partial charge >= 0.3 is 0 Å². The lowest BCUT2D eigenvalue weighted by Crippen LogP contribution is -2.41. The summed E-state index contributed by atoms with van der Waals surface area (Å²) in [6, 6.07) is 2.07. The van der Waals surface area contributed by atoms with Crippen LogP contribution in [0.4, 0.5) is 5.69 Å². The summed E-state index contributed by atoms with van der Waals surface area (Å²) in [5.74, 6) is 1.57. The van der Waals surface area contributed by atoms with Crippen LogP contribution in [0, 0.1) is 19.8 Å². The predicted molar refractivity (Wildman–Crippen MR) is 67.9 cm³/mol. The molecule has 1 unspecified atom stereocenters. The third-order valence-corrected chi connectivity index (χ3v) is 4.04. The van der Waals surface area contributed by atoms with Crippen LogP contribution in [0.25, 0.3) is 0 Å². The maximum absolute atomic E-state index is 6.14. The van der Waals surface area contributed by atoms with Crippen LogP contribution in [0.1, 0.15) is 37.5 Å². The highest BCUT2D eigenvalue weighted by Gasteiger charge is 2.34. The van der Waals surface area contributed by atoms with Gasteiger partial charge in [-0.3, -0.25) is 0 Å². The Morgan fingerprint density at radius 1 is 1.31 bits per heavy atom. The van der Waals surface area contributed by atoms with E-state index in [1.807, 2.05) is 0 Å². The van der Waals surface area contributed by atoms with Gasteiger partial charge in [0.25, 0.3) is 0 Å². The molecule has 1 aromatic carbocycles. The van der Waals surface area contributed by atoms with Gasteiger partial charge in [0.1, 0.15) is 11.4 Å². The molecule has 0 fully saturated rings. The van der Waals surface area contributed by atoms with Gasteiger partial charge in [-0.1, -0.05) is 6.92 Å². The lowest BCUT2D eigenvalue weighted by molar-refractivity contribution is 0.0346. The molecule has 16 heavy (non-hydrogen) atoms. The molecule has 88 valence electrons. The monoisotopic (exact) mass is 219 g/mol. The van der Waals surface area contributed by atoms with Crippen LogP contribution < -0.4 is 10.5 Å². The molecule has 0 saturated heterocycles. The van der Waals surface area contributed by atoms with Gasteiger partial charge in [-0.15, -0.1) is 0 Å². The minimum absolute atomic E-state index is 0.0830. The number of anilines is 1. The predicted octanol–water partition coefficient (Wildman–Crippen LogP) is 3.24. The van der Waals surface area contributed by atoms with Crippen molar-refractivity contribution in [2.75, 3.05) is 5.73 Å². The number of nitrogen functional groups attached to an aromatic ring is 1. The van der Waals surface area contributed by atoms with Crippen molar-refractivity contribution in [1.29, 1.82) is 0 Å². The van der Waals surface area contributed by atoms with Crippen LogP contribution in [0.2, 0.25) is 0 Å². The Kier molecular flexibility index (Phi) is 2.41. The molecule has 0 aliphatic carbocycles. The first-order valence-corrected chi connectivity index (χ1v) is 5.90. The summed E-state index contributed by atoms with van der Waals surface area (Å²) >= 11 is 0. The summed E-state index contributed by atoms with van der Waals surface area (Å²) in [6.45, 7) is 10.7. The second-order valence-corrected chi connectivity index (χ2v) is 5.51. The number of ether oxygens (including phenoxy) is 1. The second-order valence-electron chi connectivity index (χ2n) is 5.51. The minimum Gasteiger partial charge on any atom is -0.487 e. The van der Waals surface area contributed by atoms with Gasteiger partial charge in [0, 0.05) is 5.69 Å². The third-order valence-electron chi connectivity index (χ3n) is 4.04. The van der Waals surface area contributed by atoms with Crippen LogP contribution in [0.3, 0.4) is 0 Å². The van der Waals surface area contributed by atoms with E-state index in [2.05, 4.69) is 40.7 Å². The van der Waals surface area contributed by atoms with Crippen molar-refractivity contribution >= 4 is 5.69 Å². The topological polar surface area (TPSA) is 35.2 Å². The quantitative estimate of drug-likeness (QED) is 0.680. The molecule has 0 aromatic heterocycles. The summed E-state index contributed by atoms with van der Waals surface area (Å²) in [5.41, 5.74) is 10.4. The first kappa shape index (κ1) is 11.3. The SMILES string of the molecule is Cc1c(N)cc2c(c1C)OC(C)(C)C(C)C2. The number of nitrogens with two attached hydrogens (primary N) is 1. The maximum Gasteiger partial charge on any atom is 0.126 e. The van der Waals surface area contributed by atoms with Crippen molar-refractivity contribution in [1.82, 2.24) is 0 Å². The van der Waals surface area contributed by atoms with E-state index < -0.39 is 0 Å². The average molecular weight is 219 g/mol. The number of hydrogen-bond donors (Lipinski definition) is 1. The van der Waals surface area contributed by atoms with Crippen LogP contribution in [0.5, 0.6) is 5.75 Å². The number of rotatable bonds is 0. The molecule has 1 aromatic rings.